The number of benzene rings is 1. The maximum atomic E-state index is 12.1. The molecule has 5 heteroatoms. The first-order valence-electron chi connectivity index (χ1n) is 7.35. The summed E-state index contributed by atoms with van der Waals surface area (Å²) in [5.41, 5.74) is 6.87. The molecule has 0 fully saturated rings. The molecule has 3 atom stereocenters. The molecule has 1 rings (SSSR count). The van der Waals surface area contributed by atoms with E-state index < -0.39 is 6.10 Å². The fourth-order valence-corrected chi connectivity index (χ4v) is 2.39. The summed E-state index contributed by atoms with van der Waals surface area (Å²) in [5.74, 6) is 0.591. The highest BCUT2D eigenvalue weighted by Crippen LogP contribution is 2.30. The Morgan fingerprint density at radius 1 is 1.38 bits per heavy atom. The maximum Gasteiger partial charge on any atom is 0.260 e. The van der Waals surface area contributed by atoms with Crippen LogP contribution in [0.15, 0.2) is 22.7 Å². The van der Waals surface area contributed by atoms with Crippen LogP contribution < -0.4 is 15.8 Å². The highest BCUT2D eigenvalue weighted by Gasteiger charge is 2.19. The molecule has 3 unspecified atom stereocenters. The number of carbonyl (C=O) groups is 1. The van der Waals surface area contributed by atoms with Crippen molar-refractivity contribution in [1.29, 1.82) is 0 Å². The van der Waals surface area contributed by atoms with Crippen LogP contribution in [0.3, 0.4) is 0 Å². The highest BCUT2D eigenvalue weighted by atomic mass is 79.9. The number of nitrogens with one attached hydrogen (secondary N) is 1. The summed E-state index contributed by atoms with van der Waals surface area (Å²) >= 11 is 3.48. The van der Waals surface area contributed by atoms with E-state index in [1.807, 2.05) is 39.0 Å². The Morgan fingerprint density at radius 2 is 2.05 bits per heavy atom. The van der Waals surface area contributed by atoms with Gasteiger partial charge in [-0.25, -0.2) is 0 Å². The third-order valence-corrected chi connectivity index (χ3v) is 3.88. The number of para-hydroxylation sites is 1. The van der Waals surface area contributed by atoms with Gasteiger partial charge in [-0.15, -0.1) is 0 Å². The highest BCUT2D eigenvalue weighted by molar-refractivity contribution is 9.10. The Kier molecular flexibility index (Phi) is 7.18. The van der Waals surface area contributed by atoms with Crippen LogP contribution in [-0.4, -0.2) is 24.1 Å². The van der Waals surface area contributed by atoms with Gasteiger partial charge in [0.1, 0.15) is 5.75 Å². The van der Waals surface area contributed by atoms with Crippen molar-refractivity contribution in [2.24, 2.45) is 5.73 Å². The molecule has 0 heterocycles. The fourth-order valence-electron chi connectivity index (χ4n) is 1.89. The van der Waals surface area contributed by atoms with Crippen molar-refractivity contribution in [3.8, 4) is 5.75 Å². The van der Waals surface area contributed by atoms with E-state index >= 15 is 0 Å². The van der Waals surface area contributed by atoms with Crippen LogP contribution in [0.4, 0.5) is 0 Å². The monoisotopic (exact) mass is 356 g/mol. The largest absolute Gasteiger partial charge is 0.479 e. The molecule has 0 saturated heterocycles. The average Bonchev–Trinajstić information content (AvgIpc) is 2.41. The summed E-state index contributed by atoms with van der Waals surface area (Å²) in [6.45, 7) is 7.71. The van der Waals surface area contributed by atoms with Gasteiger partial charge in [0.25, 0.3) is 5.91 Å². The summed E-state index contributed by atoms with van der Waals surface area (Å²) in [5, 5.41) is 2.93. The Bertz CT molecular complexity index is 477. The normalized spacial score (nSPS) is 15.1. The molecule has 0 saturated carbocycles. The number of rotatable bonds is 7. The summed E-state index contributed by atoms with van der Waals surface area (Å²) in [6.07, 6.45) is 1.04. The third kappa shape index (κ3) is 5.67. The maximum absolute atomic E-state index is 12.1. The Labute approximate surface area is 135 Å². The minimum atomic E-state index is -0.551. The quantitative estimate of drug-likeness (QED) is 0.789. The van der Waals surface area contributed by atoms with Crippen LogP contribution in [0.25, 0.3) is 0 Å². The van der Waals surface area contributed by atoms with Crippen molar-refractivity contribution in [2.75, 3.05) is 0 Å². The summed E-state index contributed by atoms with van der Waals surface area (Å²) in [4.78, 5) is 12.1. The zero-order valence-corrected chi connectivity index (χ0v) is 14.7. The van der Waals surface area contributed by atoms with Crippen LogP contribution in [0, 0.1) is 0 Å². The van der Waals surface area contributed by atoms with Crippen molar-refractivity contribution in [1.82, 2.24) is 5.32 Å². The van der Waals surface area contributed by atoms with Gasteiger partial charge < -0.3 is 15.8 Å². The molecule has 118 valence electrons. The molecule has 0 spiro atoms. The van der Waals surface area contributed by atoms with Crippen molar-refractivity contribution in [3.63, 3.8) is 0 Å². The minimum Gasteiger partial charge on any atom is -0.479 e. The molecule has 0 aliphatic heterocycles. The number of hydrogen-bond donors (Lipinski definition) is 2. The smallest absolute Gasteiger partial charge is 0.260 e. The predicted molar refractivity (Wildman–Crippen MR) is 89.5 cm³/mol. The predicted octanol–water partition coefficient (Wildman–Crippen LogP) is 3.02. The summed E-state index contributed by atoms with van der Waals surface area (Å²) in [7, 11) is 0. The number of nitrogens with two attached hydrogens (primary N) is 1. The number of amides is 1. The molecule has 1 aromatic rings. The van der Waals surface area contributed by atoms with E-state index in [0.717, 1.165) is 16.5 Å². The van der Waals surface area contributed by atoms with Crippen LogP contribution in [-0.2, 0) is 11.2 Å². The van der Waals surface area contributed by atoms with E-state index in [4.69, 9.17) is 10.5 Å². The Balaban J connectivity index is 2.84. The Morgan fingerprint density at radius 3 is 2.62 bits per heavy atom. The minimum absolute atomic E-state index is 0.0332. The van der Waals surface area contributed by atoms with Crippen LogP contribution in [0.1, 0.15) is 39.7 Å². The van der Waals surface area contributed by atoms with E-state index in [0.29, 0.717) is 12.2 Å². The van der Waals surface area contributed by atoms with Crippen molar-refractivity contribution >= 4 is 21.8 Å². The van der Waals surface area contributed by atoms with Gasteiger partial charge in [-0.05, 0) is 61.2 Å². The standard InChI is InChI=1S/C16H25BrN2O2/c1-5-11(3)19-16(20)12(4)21-15-13(9-10(2)18)7-6-8-14(15)17/h6-8,10-12H,5,9,18H2,1-4H3,(H,19,20). The van der Waals surface area contributed by atoms with E-state index in [-0.39, 0.29) is 18.0 Å². The van der Waals surface area contributed by atoms with Gasteiger partial charge in [0.15, 0.2) is 6.10 Å². The number of ether oxygens (including phenoxy) is 1. The SMILES string of the molecule is CCC(C)NC(=O)C(C)Oc1c(Br)cccc1CC(C)N. The van der Waals surface area contributed by atoms with Crippen molar-refractivity contribution in [2.45, 2.75) is 58.7 Å². The van der Waals surface area contributed by atoms with Crippen molar-refractivity contribution in [3.05, 3.63) is 28.2 Å². The van der Waals surface area contributed by atoms with Gasteiger partial charge in [-0.3, -0.25) is 4.79 Å². The summed E-state index contributed by atoms with van der Waals surface area (Å²) < 4.78 is 6.71. The lowest BCUT2D eigenvalue weighted by Gasteiger charge is -2.21. The molecule has 0 bridgehead atoms. The molecule has 0 aliphatic carbocycles. The first-order chi connectivity index (χ1) is 9.85. The second kappa shape index (κ2) is 8.39. The van der Waals surface area contributed by atoms with E-state index in [1.165, 1.54) is 0 Å². The molecular formula is C16H25BrN2O2. The molecular weight excluding hydrogens is 332 g/mol. The Hall–Kier alpha value is -1.07. The average molecular weight is 357 g/mol. The van der Waals surface area contributed by atoms with Crippen LogP contribution >= 0.6 is 15.9 Å². The lowest BCUT2D eigenvalue weighted by molar-refractivity contribution is -0.127. The number of halogens is 1. The molecule has 1 amide bonds. The topological polar surface area (TPSA) is 64.3 Å². The second-order valence-electron chi connectivity index (χ2n) is 5.49. The van der Waals surface area contributed by atoms with E-state index in [9.17, 15) is 4.79 Å². The van der Waals surface area contributed by atoms with Gasteiger partial charge in [0.05, 0.1) is 4.47 Å². The van der Waals surface area contributed by atoms with Gasteiger partial charge >= 0.3 is 0 Å². The van der Waals surface area contributed by atoms with Crippen LogP contribution in [0.2, 0.25) is 0 Å². The first kappa shape index (κ1) is 18.0. The summed E-state index contributed by atoms with van der Waals surface area (Å²) in [6, 6.07) is 6.00. The fraction of sp³-hybridized carbons (Fsp3) is 0.562. The number of carbonyl (C=O) groups excluding carboxylic acids is 1. The molecule has 0 aliphatic rings. The lowest BCUT2D eigenvalue weighted by Crippen LogP contribution is -2.41. The number of hydrogen-bond acceptors (Lipinski definition) is 3. The molecule has 21 heavy (non-hydrogen) atoms. The van der Waals surface area contributed by atoms with Gasteiger partial charge in [-0.1, -0.05) is 19.1 Å². The van der Waals surface area contributed by atoms with Gasteiger partial charge in [-0.2, -0.15) is 0 Å². The third-order valence-electron chi connectivity index (χ3n) is 3.26. The lowest BCUT2D eigenvalue weighted by atomic mass is 10.1. The zero-order valence-electron chi connectivity index (χ0n) is 13.2. The second-order valence-corrected chi connectivity index (χ2v) is 6.34. The molecule has 1 aromatic carbocycles. The van der Waals surface area contributed by atoms with Crippen LogP contribution in [0.5, 0.6) is 5.75 Å². The molecule has 0 aromatic heterocycles. The molecule has 3 N–H and O–H groups in total. The van der Waals surface area contributed by atoms with Gasteiger partial charge in [0.2, 0.25) is 0 Å². The van der Waals surface area contributed by atoms with Crippen molar-refractivity contribution < 1.29 is 9.53 Å². The molecule has 4 nitrogen and oxygen atoms in total. The zero-order chi connectivity index (χ0) is 16.0. The first-order valence-corrected chi connectivity index (χ1v) is 8.14. The van der Waals surface area contributed by atoms with E-state index in [1.54, 1.807) is 6.92 Å². The molecule has 0 radical (unpaired) electrons. The van der Waals surface area contributed by atoms with Gasteiger partial charge in [0, 0.05) is 12.1 Å². The van der Waals surface area contributed by atoms with E-state index in [2.05, 4.69) is 21.2 Å².